The second kappa shape index (κ2) is 10.1. The normalized spacial score (nSPS) is 11.8. The first-order valence-electron chi connectivity index (χ1n) is 10.1. The number of aromatic amines is 1. The summed E-state index contributed by atoms with van der Waals surface area (Å²) in [4.78, 5) is 33.3. The third-order valence-electron chi connectivity index (χ3n) is 5.23. The van der Waals surface area contributed by atoms with Crippen LogP contribution in [0.3, 0.4) is 0 Å². The van der Waals surface area contributed by atoms with Crippen molar-refractivity contribution in [2.45, 2.75) is 19.9 Å². The van der Waals surface area contributed by atoms with Gasteiger partial charge in [0.15, 0.2) is 0 Å². The number of para-hydroxylation sites is 1. The number of aryl methyl sites for hydroxylation is 2. The summed E-state index contributed by atoms with van der Waals surface area (Å²) in [6, 6.07) is 6.87. The van der Waals surface area contributed by atoms with Crippen molar-refractivity contribution in [1.82, 2.24) is 19.9 Å². The summed E-state index contributed by atoms with van der Waals surface area (Å²) < 4.78 is 17.5. The maximum atomic E-state index is 13.3. The molecule has 0 aliphatic heterocycles. The van der Waals surface area contributed by atoms with E-state index in [9.17, 15) is 9.59 Å². The van der Waals surface area contributed by atoms with Crippen LogP contribution in [0.4, 0.5) is 0 Å². The number of esters is 1. The number of nitrogens with zero attached hydrogens (tertiary/aromatic N) is 2. The Labute approximate surface area is 186 Å². The van der Waals surface area contributed by atoms with Crippen molar-refractivity contribution in [2.24, 2.45) is 7.05 Å². The number of benzene rings is 1. The van der Waals surface area contributed by atoms with Gasteiger partial charge in [0.2, 0.25) is 0 Å². The van der Waals surface area contributed by atoms with Crippen molar-refractivity contribution in [1.29, 1.82) is 0 Å². The van der Waals surface area contributed by atoms with Gasteiger partial charge in [-0.3, -0.25) is 4.79 Å². The summed E-state index contributed by atoms with van der Waals surface area (Å²) in [6.07, 6.45) is 3.48. The van der Waals surface area contributed by atoms with Crippen LogP contribution >= 0.6 is 0 Å². The average Bonchev–Trinajstić information content (AvgIpc) is 3.34. The van der Waals surface area contributed by atoms with Crippen LogP contribution in [0.2, 0.25) is 0 Å². The molecule has 0 spiro atoms. The van der Waals surface area contributed by atoms with E-state index in [4.69, 9.17) is 14.2 Å². The van der Waals surface area contributed by atoms with Crippen LogP contribution < -0.4 is 10.1 Å². The zero-order chi connectivity index (χ0) is 23.3. The maximum absolute atomic E-state index is 13.3. The molecule has 1 aromatic carbocycles. The summed E-state index contributed by atoms with van der Waals surface area (Å²) in [5.41, 5.74) is 2.46. The smallest absolute Gasteiger partial charge is 0.340 e. The number of hydrogen-bond acceptors (Lipinski definition) is 6. The molecule has 9 heteroatoms. The lowest BCUT2D eigenvalue weighted by Gasteiger charge is -2.21. The second-order valence-corrected chi connectivity index (χ2v) is 7.30. The number of imidazole rings is 1. The molecular formula is C23H28N4O5. The summed E-state index contributed by atoms with van der Waals surface area (Å²) in [5, 5.41) is 3.03. The third kappa shape index (κ3) is 4.67. The van der Waals surface area contributed by atoms with Crippen LogP contribution in [0.15, 0.2) is 36.7 Å². The quantitative estimate of drug-likeness (QED) is 0.391. The Morgan fingerprint density at radius 2 is 1.94 bits per heavy atom. The van der Waals surface area contributed by atoms with Gasteiger partial charge in [0.25, 0.3) is 5.91 Å². The Hall–Kier alpha value is -3.59. The topological polar surface area (TPSA) is 107 Å². The molecule has 1 amide bonds. The Morgan fingerprint density at radius 3 is 2.59 bits per heavy atom. The number of methoxy groups -OCH3 is 2. The molecule has 1 atom stereocenters. The number of hydrogen-bond donors (Lipinski definition) is 2. The Kier molecular flexibility index (Phi) is 7.32. The molecule has 0 radical (unpaired) electrons. The number of rotatable bonds is 9. The van der Waals surface area contributed by atoms with Crippen molar-refractivity contribution in [3.63, 3.8) is 0 Å². The Morgan fingerprint density at radius 1 is 1.19 bits per heavy atom. The monoisotopic (exact) mass is 440 g/mol. The number of ether oxygens (including phenoxy) is 3. The lowest BCUT2D eigenvalue weighted by Crippen LogP contribution is -2.32. The van der Waals surface area contributed by atoms with Gasteiger partial charge in [-0.2, -0.15) is 0 Å². The zero-order valence-corrected chi connectivity index (χ0v) is 18.9. The molecule has 2 heterocycles. The molecule has 32 heavy (non-hydrogen) atoms. The molecule has 0 aliphatic carbocycles. The summed E-state index contributed by atoms with van der Waals surface area (Å²) in [6.45, 7) is 3.87. The van der Waals surface area contributed by atoms with Crippen molar-refractivity contribution < 1.29 is 23.8 Å². The molecule has 9 nitrogen and oxygen atoms in total. The highest BCUT2D eigenvalue weighted by Gasteiger charge is 2.28. The van der Waals surface area contributed by atoms with E-state index in [0.29, 0.717) is 35.0 Å². The van der Waals surface area contributed by atoms with Crippen LogP contribution in [0.5, 0.6) is 5.75 Å². The fraction of sp³-hybridized carbons (Fsp3) is 0.348. The van der Waals surface area contributed by atoms with E-state index < -0.39 is 12.0 Å². The number of amides is 1. The van der Waals surface area contributed by atoms with Gasteiger partial charge in [0.1, 0.15) is 29.9 Å². The van der Waals surface area contributed by atoms with Gasteiger partial charge in [-0.25, -0.2) is 9.78 Å². The molecule has 170 valence electrons. The van der Waals surface area contributed by atoms with Gasteiger partial charge in [0.05, 0.1) is 19.3 Å². The van der Waals surface area contributed by atoms with Gasteiger partial charge < -0.3 is 29.1 Å². The number of H-pyrrole nitrogens is 1. The molecule has 1 unspecified atom stereocenters. The third-order valence-corrected chi connectivity index (χ3v) is 5.23. The van der Waals surface area contributed by atoms with Gasteiger partial charge in [-0.1, -0.05) is 18.2 Å². The summed E-state index contributed by atoms with van der Waals surface area (Å²) in [5.74, 6) is 0.392. The van der Waals surface area contributed by atoms with Crippen molar-refractivity contribution in [3.8, 4) is 5.75 Å². The SMILES string of the molecule is COCCOC(=O)c1c(C)[nH]c(C(=O)NC(c2ccccc2OC)c2nccn2C)c1C. The predicted molar refractivity (Wildman–Crippen MR) is 118 cm³/mol. The van der Waals surface area contributed by atoms with E-state index in [1.807, 2.05) is 42.1 Å². The van der Waals surface area contributed by atoms with Crippen molar-refractivity contribution in [3.05, 3.63) is 70.6 Å². The highest BCUT2D eigenvalue weighted by molar-refractivity contribution is 6.00. The van der Waals surface area contributed by atoms with Crippen molar-refractivity contribution in [2.75, 3.05) is 27.4 Å². The minimum absolute atomic E-state index is 0.135. The highest BCUT2D eigenvalue weighted by Crippen LogP contribution is 2.30. The average molecular weight is 441 g/mol. The molecule has 2 aromatic heterocycles. The van der Waals surface area contributed by atoms with Gasteiger partial charge in [-0.05, 0) is 25.5 Å². The number of carbonyl (C=O) groups excluding carboxylic acids is 2. The highest BCUT2D eigenvalue weighted by atomic mass is 16.6. The molecule has 3 aromatic rings. The first kappa shape index (κ1) is 23.1. The summed E-state index contributed by atoms with van der Waals surface area (Å²) >= 11 is 0. The van der Waals surface area contributed by atoms with E-state index >= 15 is 0 Å². The van der Waals surface area contributed by atoms with E-state index in [1.54, 1.807) is 27.2 Å². The van der Waals surface area contributed by atoms with E-state index in [1.165, 1.54) is 7.11 Å². The molecule has 2 N–H and O–H groups in total. The first-order chi connectivity index (χ1) is 15.4. The zero-order valence-electron chi connectivity index (χ0n) is 18.9. The van der Waals surface area contributed by atoms with E-state index in [0.717, 1.165) is 5.56 Å². The molecular weight excluding hydrogens is 412 g/mol. The van der Waals surface area contributed by atoms with Crippen LogP contribution in [-0.2, 0) is 16.5 Å². The van der Waals surface area contributed by atoms with Crippen molar-refractivity contribution >= 4 is 11.9 Å². The van der Waals surface area contributed by atoms with Crippen LogP contribution in [-0.4, -0.2) is 53.8 Å². The molecule has 0 aliphatic rings. The lowest BCUT2D eigenvalue weighted by atomic mass is 10.0. The second-order valence-electron chi connectivity index (χ2n) is 7.30. The fourth-order valence-corrected chi connectivity index (χ4v) is 3.62. The summed E-state index contributed by atoms with van der Waals surface area (Å²) in [7, 11) is 4.97. The van der Waals surface area contributed by atoms with Gasteiger partial charge in [-0.15, -0.1) is 0 Å². The largest absolute Gasteiger partial charge is 0.496 e. The predicted octanol–water partition coefficient (Wildman–Crippen LogP) is 2.70. The Bertz CT molecular complexity index is 1100. The molecule has 0 saturated carbocycles. The van der Waals surface area contributed by atoms with E-state index in [2.05, 4.69) is 15.3 Å². The van der Waals surface area contributed by atoms with Crippen LogP contribution in [0.1, 0.15) is 49.5 Å². The lowest BCUT2D eigenvalue weighted by molar-refractivity contribution is 0.0387. The number of nitrogens with one attached hydrogen (secondary N) is 2. The fourth-order valence-electron chi connectivity index (χ4n) is 3.62. The molecule has 0 bridgehead atoms. The van der Waals surface area contributed by atoms with Gasteiger partial charge in [0, 0.05) is 37.8 Å². The van der Waals surface area contributed by atoms with E-state index in [-0.39, 0.29) is 18.2 Å². The molecule has 0 fully saturated rings. The van der Waals surface area contributed by atoms with Crippen LogP contribution in [0, 0.1) is 13.8 Å². The molecule has 0 saturated heterocycles. The van der Waals surface area contributed by atoms with Gasteiger partial charge >= 0.3 is 5.97 Å². The minimum atomic E-state index is -0.571. The number of aromatic nitrogens is 3. The minimum Gasteiger partial charge on any atom is -0.496 e. The Balaban J connectivity index is 1.93. The molecule has 3 rings (SSSR count). The first-order valence-corrected chi connectivity index (χ1v) is 10.1. The standard InChI is InChI=1S/C23H28N4O5/c1-14-18(23(29)32-13-12-30-4)15(2)25-19(14)22(28)26-20(21-24-10-11-27(21)3)16-8-6-7-9-17(16)31-5/h6-11,20,25H,12-13H2,1-5H3,(H,26,28). The number of carbonyl (C=O) groups is 2. The van der Waals surface area contributed by atoms with Crippen LogP contribution in [0.25, 0.3) is 0 Å². The maximum Gasteiger partial charge on any atom is 0.340 e.